The summed E-state index contributed by atoms with van der Waals surface area (Å²) in [6, 6.07) is 12.5. The van der Waals surface area contributed by atoms with Gasteiger partial charge in [0.05, 0.1) is 19.8 Å². The van der Waals surface area contributed by atoms with Crippen LogP contribution < -0.4 is 20.1 Å². The van der Waals surface area contributed by atoms with Gasteiger partial charge in [0.15, 0.2) is 11.5 Å². The predicted molar refractivity (Wildman–Crippen MR) is 94.2 cm³/mol. The molecule has 2 N–H and O–H groups in total. The standard InChI is InChI=1S/C19H20N2O4/c1-13-5-2-3-6-15(13)19(23)20-12-18(22)21-14-7-8-16-17(11-14)25-10-4-9-24-16/h2-3,5-8,11H,4,9-10,12H2,1H3,(H,20,23)(H,21,22). The molecule has 3 rings (SSSR count). The molecule has 0 atom stereocenters. The third-order valence-electron chi connectivity index (χ3n) is 3.83. The topological polar surface area (TPSA) is 76.7 Å². The molecule has 0 radical (unpaired) electrons. The molecule has 6 nitrogen and oxygen atoms in total. The Morgan fingerprint density at radius 2 is 1.80 bits per heavy atom. The average molecular weight is 340 g/mol. The summed E-state index contributed by atoms with van der Waals surface area (Å²) < 4.78 is 11.1. The highest BCUT2D eigenvalue weighted by atomic mass is 16.5. The minimum atomic E-state index is -0.309. The van der Waals surface area contributed by atoms with Gasteiger partial charge in [0.1, 0.15) is 0 Å². The Morgan fingerprint density at radius 1 is 1.04 bits per heavy atom. The quantitative estimate of drug-likeness (QED) is 0.897. The Labute approximate surface area is 146 Å². The number of carbonyl (C=O) groups is 2. The molecule has 0 aromatic heterocycles. The van der Waals surface area contributed by atoms with Crippen LogP contribution in [0.1, 0.15) is 22.3 Å². The van der Waals surface area contributed by atoms with Gasteiger partial charge in [-0.15, -0.1) is 0 Å². The van der Waals surface area contributed by atoms with Crippen molar-refractivity contribution in [2.24, 2.45) is 0 Å². The molecule has 0 aliphatic carbocycles. The van der Waals surface area contributed by atoms with E-state index in [1.54, 1.807) is 30.3 Å². The summed E-state index contributed by atoms with van der Waals surface area (Å²) in [7, 11) is 0. The number of carbonyl (C=O) groups excluding carboxylic acids is 2. The van der Waals surface area contributed by atoms with Crippen LogP contribution in [0.25, 0.3) is 0 Å². The maximum atomic E-state index is 12.1. The first-order valence-electron chi connectivity index (χ1n) is 8.17. The highest BCUT2D eigenvalue weighted by Crippen LogP contribution is 2.32. The van der Waals surface area contributed by atoms with Crippen LogP contribution in [0.5, 0.6) is 11.5 Å². The summed E-state index contributed by atoms with van der Waals surface area (Å²) in [6.45, 7) is 2.94. The van der Waals surface area contributed by atoms with Crippen LogP contribution in [0.4, 0.5) is 5.69 Å². The van der Waals surface area contributed by atoms with Crippen molar-refractivity contribution in [3.05, 3.63) is 53.6 Å². The SMILES string of the molecule is Cc1ccccc1C(=O)NCC(=O)Nc1ccc2c(c1)OCCCO2. The van der Waals surface area contributed by atoms with Crippen molar-refractivity contribution >= 4 is 17.5 Å². The van der Waals surface area contributed by atoms with Crippen LogP contribution in [0.3, 0.4) is 0 Å². The molecule has 1 heterocycles. The molecule has 1 aliphatic heterocycles. The zero-order valence-corrected chi connectivity index (χ0v) is 14.0. The highest BCUT2D eigenvalue weighted by Gasteiger charge is 2.13. The number of nitrogens with one attached hydrogen (secondary N) is 2. The minimum Gasteiger partial charge on any atom is -0.490 e. The van der Waals surface area contributed by atoms with Gasteiger partial charge in [0.2, 0.25) is 5.91 Å². The van der Waals surface area contributed by atoms with Crippen molar-refractivity contribution in [3.63, 3.8) is 0 Å². The lowest BCUT2D eigenvalue weighted by molar-refractivity contribution is -0.115. The third kappa shape index (κ3) is 4.29. The number of anilines is 1. The maximum Gasteiger partial charge on any atom is 0.251 e. The molecule has 25 heavy (non-hydrogen) atoms. The lowest BCUT2D eigenvalue weighted by Gasteiger charge is -2.11. The number of hydrogen-bond donors (Lipinski definition) is 2. The van der Waals surface area contributed by atoms with Crippen molar-refractivity contribution in [2.75, 3.05) is 25.1 Å². The van der Waals surface area contributed by atoms with Crippen LogP contribution in [-0.4, -0.2) is 31.6 Å². The number of amides is 2. The molecular formula is C19H20N2O4. The minimum absolute atomic E-state index is 0.110. The van der Waals surface area contributed by atoms with Gasteiger partial charge in [-0.1, -0.05) is 18.2 Å². The summed E-state index contributed by atoms with van der Waals surface area (Å²) in [5, 5.41) is 5.37. The number of fused-ring (bicyclic) bond motifs is 1. The molecule has 0 saturated heterocycles. The van der Waals surface area contributed by atoms with Crippen LogP contribution >= 0.6 is 0 Å². The Kier molecular flexibility index (Phi) is 5.18. The van der Waals surface area contributed by atoms with E-state index in [1.165, 1.54) is 0 Å². The van der Waals surface area contributed by atoms with E-state index in [9.17, 15) is 9.59 Å². The van der Waals surface area contributed by atoms with Gasteiger partial charge in [-0.3, -0.25) is 9.59 Å². The van der Waals surface area contributed by atoms with Gasteiger partial charge in [-0.2, -0.15) is 0 Å². The van der Waals surface area contributed by atoms with Crippen LogP contribution in [-0.2, 0) is 4.79 Å². The van der Waals surface area contributed by atoms with E-state index in [-0.39, 0.29) is 18.4 Å². The van der Waals surface area contributed by atoms with E-state index in [1.807, 2.05) is 19.1 Å². The first kappa shape index (κ1) is 16.8. The number of aryl methyl sites for hydroxylation is 1. The van der Waals surface area contributed by atoms with Crippen molar-refractivity contribution in [1.82, 2.24) is 5.32 Å². The molecule has 0 bridgehead atoms. The van der Waals surface area contributed by atoms with E-state index in [0.29, 0.717) is 36.0 Å². The maximum absolute atomic E-state index is 12.1. The lowest BCUT2D eigenvalue weighted by atomic mass is 10.1. The monoisotopic (exact) mass is 340 g/mol. The fourth-order valence-corrected chi connectivity index (χ4v) is 2.53. The zero-order valence-electron chi connectivity index (χ0n) is 14.0. The van der Waals surface area contributed by atoms with Crippen LogP contribution in [0, 0.1) is 6.92 Å². The lowest BCUT2D eigenvalue weighted by Crippen LogP contribution is -2.33. The number of benzene rings is 2. The number of rotatable bonds is 4. The zero-order chi connectivity index (χ0) is 17.6. The number of hydrogen-bond acceptors (Lipinski definition) is 4. The van der Waals surface area contributed by atoms with Crippen molar-refractivity contribution in [1.29, 1.82) is 0 Å². The second-order valence-corrected chi connectivity index (χ2v) is 5.76. The van der Waals surface area contributed by atoms with Gasteiger partial charge in [-0.05, 0) is 30.7 Å². The average Bonchev–Trinajstić information content (AvgIpc) is 2.85. The first-order chi connectivity index (χ1) is 12.1. The van der Waals surface area contributed by atoms with E-state index in [2.05, 4.69) is 10.6 Å². The second-order valence-electron chi connectivity index (χ2n) is 5.76. The Morgan fingerprint density at radius 3 is 2.60 bits per heavy atom. The summed E-state index contributed by atoms with van der Waals surface area (Å²) in [4.78, 5) is 24.2. The molecular weight excluding hydrogens is 320 g/mol. The molecule has 1 aliphatic rings. The molecule has 0 saturated carbocycles. The molecule has 2 amide bonds. The molecule has 2 aromatic carbocycles. The first-order valence-corrected chi connectivity index (χ1v) is 8.17. The smallest absolute Gasteiger partial charge is 0.251 e. The highest BCUT2D eigenvalue weighted by molar-refractivity contribution is 6.00. The fraction of sp³-hybridized carbons (Fsp3) is 0.263. The van der Waals surface area contributed by atoms with Gasteiger partial charge in [-0.25, -0.2) is 0 Å². The summed E-state index contributed by atoms with van der Waals surface area (Å²) in [5.74, 6) is 0.700. The van der Waals surface area contributed by atoms with Gasteiger partial charge >= 0.3 is 0 Å². The largest absolute Gasteiger partial charge is 0.490 e. The van der Waals surface area contributed by atoms with Gasteiger partial charge in [0.25, 0.3) is 5.91 Å². The fourth-order valence-electron chi connectivity index (χ4n) is 2.53. The summed E-state index contributed by atoms with van der Waals surface area (Å²) in [5.41, 5.74) is 2.02. The van der Waals surface area contributed by atoms with Crippen molar-refractivity contribution in [3.8, 4) is 11.5 Å². The second kappa shape index (κ2) is 7.70. The normalized spacial score (nSPS) is 12.8. The predicted octanol–water partition coefficient (Wildman–Crippen LogP) is 2.52. The van der Waals surface area contributed by atoms with Crippen LogP contribution in [0.15, 0.2) is 42.5 Å². The van der Waals surface area contributed by atoms with E-state index in [0.717, 1.165) is 12.0 Å². The molecule has 0 spiro atoms. The number of ether oxygens (including phenoxy) is 2. The molecule has 0 unspecified atom stereocenters. The summed E-state index contributed by atoms with van der Waals surface area (Å²) >= 11 is 0. The van der Waals surface area contributed by atoms with Crippen LogP contribution in [0.2, 0.25) is 0 Å². The van der Waals surface area contributed by atoms with Crippen molar-refractivity contribution < 1.29 is 19.1 Å². The van der Waals surface area contributed by atoms with Crippen molar-refractivity contribution in [2.45, 2.75) is 13.3 Å². The molecule has 2 aromatic rings. The Hall–Kier alpha value is -3.02. The Balaban J connectivity index is 1.57. The molecule has 130 valence electrons. The van der Waals surface area contributed by atoms with E-state index < -0.39 is 0 Å². The van der Waals surface area contributed by atoms with E-state index in [4.69, 9.17) is 9.47 Å². The van der Waals surface area contributed by atoms with E-state index >= 15 is 0 Å². The Bertz CT molecular complexity index is 789. The molecule has 6 heteroatoms. The third-order valence-corrected chi connectivity index (χ3v) is 3.83. The summed E-state index contributed by atoms with van der Waals surface area (Å²) in [6.07, 6.45) is 0.821. The van der Waals surface area contributed by atoms with Gasteiger partial charge < -0.3 is 20.1 Å². The molecule has 0 fully saturated rings. The van der Waals surface area contributed by atoms with Gasteiger partial charge in [0, 0.05) is 23.7 Å².